The molecule has 2 N–H and O–H groups in total. The fraction of sp³-hybridized carbons (Fsp3) is 0.750. The van der Waals surface area contributed by atoms with Gasteiger partial charge in [0.15, 0.2) is 0 Å². The van der Waals surface area contributed by atoms with Crippen LogP contribution in [0, 0.1) is 0 Å². The Morgan fingerprint density at radius 2 is 1.86 bits per heavy atom. The lowest BCUT2D eigenvalue weighted by atomic mass is 9.82. The summed E-state index contributed by atoms with van der Waals surface area (Å²) in [4.78, 5) is 36.2. The van der Waals surface area contributed by atoms with Crippen LogP contribution in [0.2, 0.25) is 0 Å². The summed E-state index contributed by atoms with van der Waals surface area (Å²) in [5.74, 6) is -1.53. The zero-order valence-electron chi connectivity index (χ0n) is 11.3. The number of carbonyl (C=O) groups excluding carboxylic acids is 3. The smallest absolute Gasteiger partial charge is 0.345 e. The van der Waals surface area contributed by atoms with Crippen molar-refractivity contribution in [3.05, 3.63) is 0 Å². The molecule has 0 bridgehead atoms. The Morgan fingerprint density at radius 1 is 1.24 bits per heavy atom. The number of urea groups is 1. The topological polar surface area (TPSA) is 78.5 Å². The van der Waals surface area contributed by atoms with Crippen LogP contribution in [0.25, 0.3) is 0 Å². The quantitative estimate of drug-likeness (QED) is 0.761. The molecule has 1 saturated heterocycles. The molecule has 1 spiro atoms. The Labute approximate surface area is 119 Å². The van der Waals surface area contributed by atoms with Crippen LogP contribution in [-0.2, 0) is 9.59 Å². The third-order valence-electron chi connectivity index (χ3n) is 3.74. The molecule has 118 valence electrons. The molecule has 6 nitrogen and oxygen atoms in total. The molecule has 1 saturated carbocycles. The molecule has 0 aromatic carbocycles. The highest BCUT2D eigenvalue weighted by Gasteiger charge is 2.51. The van der Waals surface area contributed by atoms with Gasteiger partial charge in [-0.1, -0.05) is 19.3 Å². The van der Waals surface area contributed by atoms with Crippen LogP contribution in [0.15, 0.2) is 0 Å². The van der Waals surface area contributed by atoms with Crippen molar-refractivity contribution in [2.45, 2.75) is 43.8 Å². The maximum Gasteiger partial charge on any atom is 0.405 e. The summed E-state index contributed by atoms with van der Waals surface area (Å²) in [5.41, 5.74) is -0.973. The van der Waals surface area contributed by atoms with Gasteiger partial charge in [-0.05, 0) is 12.8 Å². The Bertz CT molecular complexity index is 458. The fourth-order valence-corrected chi connectivity index (χ4v) is 2.71. The number of alkyl halides is 3. The highest BCUT2D eigenvalue weighted by atomic mass is 19.4. The Balaban J connectivity index is 1.96. The van der Waals surface area contributed by atoms with Crippen LogP contribution < -0.4 is 10.6 Å². The number of amides is 4. The third kappa shape index (κ3) is 3.45. The van der Waals surface area contributed by atoms with Crippen molar-refractivity contribution < 1.29 is 27.6 Å². The molecule has 21 heavy (non-hydrogen) atoms. The maximum atomic E-state index is 12.3. The van der Waals surface area contributed by atoms with E-state index in [9.17, 15) is 27.6 Å². The first-order valence-corrected chi connectivity index (χ1v) is 6.71. The van der Waals surface area contributed by atoms with Crippen LogP contribution in [0.5, 0.6) is 0 Å². The zero-order valence-corrected chi connectivity index (χ0v) is 11.3. The number of nitrogens with zero attached hydrogens (tertiary/aromatic N) is 1. The van der Waals surface area contributed by atoms with Gasteiger partial charge in [-0.25, -0.2) is 4.79 Å². The molecular formula is C12H16F3N3O3. The molecule has 0 atom stereocenters. The molecular weight excluding hydrogens is 291 g/mol. The van der Waals surface area contributed by atoms with Gasteiger partial charge in [0.05, 0.1) is 0 Å². The summed E-state index contributed by atoms with van der Waals surface area (Å²) in [6.45, 7) is -2.18. The van der Waals surface area contributed by atoms with Gasteiger partial charge in [0.25, 0.3) is 5.91 Å². The summed E-state index contributed by atoms with van der Waals surface area (Å²) in [7, 11) is 0. The normalized spacial score (nSPS) is 21.6. The van der Waals surface area contributed by atoms with Gasteiger partial charge in [0, 0.05) is 0 Å². The third-order valence-corrected chi connectivity index (χ3v) is 3.74. The van der Waals surface area contributed by atoms with Crippen molar-refractivity contribution in [1.29, 1.82) is 0 Å². The summed E-state index contributed by atoms with van der Waals surface area (Å²) in [5, 5.41) is 4.23. The summed E-state index contributed by atoms with van der Waals surface area (Å²) >= 11 is 0. The van der Waals surface area contributed by atoms with Crippen molar-refractivity contribution in [3.8, 4) is 0 Å². The van der Waals surface area contributed by atoms with Crippen molar-refractivity contribution >= 4 is 17.8 Å². The number of hydrogen-bond acceptors (Lipinski definition) is 3. The number of carbonyl (C=O) groups is 3. The largest absolute Gasteiger partial charge is 0.405 e. The van der Waals surface area contributed by atoms with E-state index < -0.39 is 42.7 Å². The second-order valence-electron chi connectivity index (χ2n) is 5.36. The predicted molar refractivity (Wildman–Crippen MR) is 65.1 cm³/mol. The number of rotatable bonds is 3. The first-order valence-electron chi connectivity index (χ1n) is 6.71. The minimum absolute atomic E-state index is 0.498. The maximum absolute atomic E-state index is 12.3. The summed E-state index contributed by atoms with van der Waals surface area (Å²) < 4.78 is 36.0. The molecule has 1 aliphatic heterocycles. The zero-order chi connectivity index (χ0) is 15.7. The molecule has 2 aliphatic rings. The van der Waals surface area contributed by atoms with E-state index in [-0.39, 0.29) is 0 Å². The monoisotopic (exact) mass is 307 g/mol. The molecule has 0 unspecified atom stereocenters. The molecule has 0 radical (unpaired) electrons. The Kier molecular flexibility index (Phi) is 4.11. The lowest BCUT2D eigenvalue weighted by Gasteiger charge is -2.30. The van der Waals surface area contributed by atoms with Crippen LogP contribution >= 0.6 is 0 Å². The van der Waals surface area contributed by atoms with E-state index in [1.807, 2.05) is 0 Å². The average molecular weight is 307 g/mol. The Hall–Kier alpha value is -1.80. The van der Waals surface area contributed by atoms with Crippen molar-refractivity contribution in [3.63, 3.8) is 0 Å². The van der Waals surface area contributed by atoms with Crippen LogP contribution in [0.3, 0.4) is 0 Å². The van der Waals surface area contributed by atoms with Gasteiger partial charge < -0.3 is 10.6 Å². The van der Waals surface area contributed by atoms with Crippen LogP contribution in [0.1, 0.15) is 32.1 Å². The predicted octanol–water partition coefficient (Wildman–Crippen LogP) is 0.920. The molecule has 1 heterocycles. The van der Waals surface area contributed by atoms with Crippen LogP contribution in [0.4, 0.5) is 18.0 Å². The van der Waals surface area contributed by atoms with Gasteiger partial charge in [0.2, 0.25) is 5.91 Å². The Morgan fingerprint density at radius 3 is 2.43 bits per heavy atom. The molecule has 2 fully saturated rings. The molecule has 0 aromatic heterocycles. The summed E-state index contributed by atoms with van der Waals surface area (Å²) in [6, 6.07) is -0.718. The number of nitrogens with one attached hydrogen (secondary N) is 2. The van der Waals surface area contributed by atoms with E-state index in [0.29, 0.717) is 17.7 Å². The van der Waals surface area contributed by atoms with E-state index in [1.54, 1.807) is 5.32 Å². The lowest BCUT2D eigenvalue weighted by Crippen LogP contribution is -2.49. The van der Waals surface area contributed by atoms with E-state index in [1.165, 1.54) is 0 Å². The van der Waals surface area contributed by atoms with Gasteiger partial charge in [0.1, 0.15) is 18.6 Å². The van der Waals surface area contributed by atoms with Gasteiger partial charge in [-0.2, -0.15) is 13.2 Å². The number of halogens is 3. The first kappa shape index (κ1) is 15.6. The summed E-state index contributed by atoms with van der Waals surface area (Å²) in [6.07, 6.45) is -0.981. The molecule has 2 rings (SSSR count). The minimum atomic E-state index is -4.53. The molecule has 0 aromatic rings. The van der Waals surface area contributed by atoms with Crippen molar-refractivity contribution in [2.24, 2.45) is 0 Å². The minimum Gasteiger partial charge on any atom is -0.345 e. The fourth-order valence-electron chi connectivity index (χ4n) is 2.71. The standard InChI is InChI=1S/C12H16F3N3O3/c13-12(14,15)7-16-8(19)6-18-9(20)11(17-10(18)21)4-2-1-3-5-11/h1-7H2,(H,16,19)(H,17,21). The highest BCUT2D eigenvalue weighted by molar-refractivity contribution is 6.09. The van der Waals surface area contributed by atoms with Gasteiger partial charge in [-0.3, -0.25) is 14.5 Å². The first-order chi connectivity index (χ1) is 9.73. The van der Waals surface area contributed by atoms with E-state index in [0.717, 1.165) is 19.3 Å². The second kappa shape index (κ2) is 5.53. The lowest BCUT2D eigenvalue weighted by molar-refractivity contribution is -0.141. The molecule has 1 aliphatic carbocycles. The van der Waals surface area contributed by atoms with E-state index in [2.05, 4.69) is 5.32 Å². The van der Waals surface area contributed by atoms with E-state index in [4.69, 9.17) is 0 Å². The SMILES string of the molecule is O=C(CN1C(=O)NC2(CCCCC2)C1=O)NCC(F)(F)F. The van der Waals surface area contributed by atoms with E-state index >= 15 is 0 Å². The highest BCUT2D eigenvalue weighted by Crippen LogP contribution is 2.33. The van der Waals surface area contributed by atoms with Crippen molar-refractivity contribution in [2.75, 3.05) is 13.1 Å². The average Bonchev–Trinajstić information content (AvgIpc) is 2.61. The van der Waals surface area contributed by atoms with Crippen molar-refractivity contribution in [1.82, 2.24) is 15.5 Å². The van der Waals surface area contributed by atoms with Gasteiger partial charge >= 0.3 is 12.2 Å². The number of imide groups is 1. The van der Waals surface area contributed by atoms with Gasteiger partial charge in [-0.15, -0.1) is 0 Å². The molecule has 4 amide bonds. The van der Waals surface area contributed by atoms with Crippen LogP contribution in [-0.4, -0.2) is 47.6 Å². The molecule has 9 heteroatoms. The number of hydrogen-bond donors (Lipinski definition) is 2. The second-order valence-corrected chi connectivity index (χ2v) is 5.36.